The molecule has 0 radical (unpaired) electrons. The molecule has 17 heavy (non-hydrogen) atoms. The first-order valence-electron chi connectivity index (χ1n) is 6.48. The van der Waals surface area contributed by atoms with Crippen LogP contribution in [-0.4, -0.2) is 34.3 Å². The Labute approximate surface area is 105 Å². The summed E-state index contributed by atoms with van der Waals surface area (Å²) >= 11 is 0. The van der Waals surface area contributed by atoms with E-state index in [0.29, 0.717) is 12.0 Å². The lowest BCUT2D eigenvalue weighted by molar-refractivity contribution is 0.296. The maximum absolute atomic E-state index is 6.04. The summed E-state index contributed by atoms with van der Waals surface area (Å²) in [4.78, 5) is 2.30. The van der Waals surface area contributed by atoms with Gasteiger partial charge in [0.25, 0.3) is 0 Å². The molecule has 1 atom stereocenters. The van der Waals surface area contributed by atoms with Crippen molar-refractivity contribution in [3.05, 3.63) is 18.0 Å². The van der Waals surface area contributed by atoms with Gasteiger partial charge in [-0.2, -0.15) is 5.10 Å². The second-order valence-corrected chi connectivity index (χ2v) is 5.14. The zero-order valence-corrected chi connectivity index (χ0v) is 11.6. The lowest BCUT2D eigenvalue weighted by Gasteiger charge is -2.20. The van der Waals surface area contributed by atoms with E-state index in [0.717, 1.165) is 26.1 Å². The van der Waals surface area contributed by atoms with Crippen LogP contribution in [0.2, 0.25) is 0 Å². The molecule has 0 saturated carbocycles. The molecular formula is C13H26N4. The van der Waals surface area contributed by atoms with Gasteiger partial charge in [0, 0.05) is 30.9 Å². The third-order valence-corrected chi connectivity index (χ3v) is 3.16. The maximum atomic E-state index is 6.04. The predicted octanol–water partition coefficient (Wildman–Crippen LogP) is 1.71. The summed E-state index contributed by atoms with van der Waals surface area (Å²) in [5.74, 6) is 0.561. The van der Waals surface area contributed by atoms with E-state index in [9.17, 15) is 0 Å². The normalized spacial score (nSPS) is 13.6. The standard InChI is InChI=1S/C13H26N4/c1-5-17-10-12(8-15-17)9-16(4)7-6-13(14)11(2)3/h8,10-11,13H,5-7,9,14H2,1-4H3. The highest BCUT2D eigenvalue weighted by Gasteiger charge is 2.09. The molecule has 0 aliphatic heterocycles. The van der Waals surface area contributed by atoms with Crippen LogP contribution in [-0.2, 0) is 13.1 Å². The molecule has 0 aliphatic carbocycles. The van der Waals surface area contributed by atoms with Gasteiger partial charge in [0.15, 0.2) is 0 Å². The van der Waals surface area contributed by atoms with Gasteiger partial charge in [0.1, 0.15) is 0 Å². The van der Waals surface area contributed by atoms with E-state index in [2.05, 4.69) is 44.0 Å². The molecule has 98 valence electrons. The minimum Gasteiger partial charge on any atom is -0.327 e. The van der Waals surface area contributed by atoms with E-state index in [1.807, 2.05) is 10.9 Å². The van der Waals surface area contributed by atoms with Crippen molar-refractivity contribution in [3.8, 4) is 0 Å². The van der Waals surface area contributed by atoms with E-state index in [1.165, 1.54) is 5.56 Å². The largest absolute Gasteiger partial charge is 0.327 e. The number of nitrogens with two attached hydrogens (primary N) is 1. The SMILES string of the molecule is CCn1cc(CN(C)CCC(N)C(C)C)cn1. The van der Waals surface area contributed by atoms with E-state index in [-0.39, 0.29) is 0 Å². The molecule has 1 aromatic rings. The summed E-state index contributed by atoms with van der Waals surface area (Å²) in [5.41, 5.74) is 7.31. The topological polar surface area (TPSA) is 47.1 Å². The molecule has 1 rings (SSSR count). The van der Waals surface area contributed by atoms with Crippen LogP contribution >= 0.6 is 0 Å². The Morgan fingerprint density at radius 2 is 2.18 bits per heavy atom. The quantitative estimate of drug-likeness (QED) is 0.786. The first-order chi connectivity index (χ1) is 8.02. The van der Waals surface area contributed by atoms with Crippen LogP contribution in [0.15, 0.2) is 12.4 Å². The highest BCUT2D eigenvalue weighted by Crippen LogP contribution is 2.06. The Morgan fingerprint density at radius 1 is 1.47 bits per heavy atom. The second-order valence-electron chi connectivity index (χ2n) is 5.14. The molecule has 4 heteroatoms. The molecule has 0 amide bonds. The van der Waals surface area contributed by atoms with Gasteiger partial charge in [0.05, 0.1) is 6.20 Å². The minimum absolute atomic E-state index is 0.302. The molecule has 1 unspecified atom stereocenters. The van der Waals surface area contributed by atoms with E-state index < -0.39 is 0 Å². The first kappa shape index (κ1) is 14.2. The van der Waals surface area contributed by atoms with E-state index >= 15 is 0 Å². The van der Waals surface area contributed by atoms with Crippen LogP contribution in [0.3, 0.4) is 0 Å². The zero-order valence-electron chi connectivity index (χ0n) is 11.6. The summed E-state index contributed by atoms with van der Waals surface area (Å²) in [5, 5.41) is 4.28. The third-order valence-electron chi connectivity index (χ3n) is 3.16. The van der Waals surface area contributed by atoms with Crippen molar-refractivity contribution in [1.29, 1.82) is 0 Å². The average molecular weight is 238 g/mol. The fourth-order valence-corrected chi connectivity index (χ4v) is 1.75. The fourth-order valence-electron chi connectivity index (χ4n) is 1.75. The second kappa shape index (κ2) is 6.77. The van der Waals surface area contributed by atoms with Crippen LogP contribution in [0, 0.1) is 5.92 Å². The molecule has 0 aliphatic rings. The van der Waals surface area contributed by atoms with Crippen molar-refractivity contribution in [3.63, 3.8) is 0 Å². The lowest BCUT2D eigenvalue weighted by Crippen LogP contribution is -2.31. The van der Waals surface area contributed by atoms with Crippen molar-refractivity contribution in [2.24, 2.45) is 11.7 Å². The van der Waals surface area contributed by atoms with Crippen molar-refractivity contribution >= 4 is 0 Å². The molecule has 2 N–H and O–H groups in total. The summed E-state index contributed by atoms with van der Waals surface area (Å²) < 4.78 is 1.96. The smallest absolute Gasteiger partial charge is 0.0534 e. The van der Waals surface area contributed by atoms with Gasteiger partial charge in [-0.3, -0.25) is 4.68 Å². The monoisotopic (exact) mass is 238 g/mol. The van der Waals surface area contributed by atoms with E-state index in [1.54, 1.807) is 0 Å². The van der Waals surface area contributed by atoms with Crippen molar-refractivity contribution in [1.82, 2.24) is 14.7 Å². The average Bonchev–Trinajstić information content (AvgIpc) is 2.73. The van der Waals surface area contributed by atoms with Gasteiger partial charge in [0.2, 0.25) is 0 Å². The Morgan fingerprint density at radius 3 is 2.71 bits per heavy atom. The van der Waals surface area contributed by atoms with Gasteiger partial charge < -0.3 is 10.6 Å². The number of nitrogens with zero attached hydrogens (tertiary/aromatic N) is 3. The first-order valence-corrected chi connectivity index (χ1v) is 6.48. The molecule has 0 bridgehead atoms. The minimum atomic E-state index is 0.302. The van der Waals surface area contributed by atoms with Crippen molar-refractivity contribution < 1.29 is 0 Å². The van der Waals surface area contributed by atoms with Crippen LogP contribution < -0.4 is 5.73 Å². The number of rotatable bonds is 7. The van der Waals surface area contributed by atoms with Crippen LogP contribution in [0.4, 0.5) is 0 Å². The molecule has 0 spiro atoms. The van der Waals surface area contributed by atoms with Gasteiger partial charge in [-0.15, -0.1) is 0 Å². The number of aryl methyl sites for hydroxylation is 1. The summed E-state index contributed by atoms with van der Waals surface area (Å²) in [6.45, 7) is 9.37. The van der Waals surface area contributed by atoms with Crippen LogP contribution in [0.25, 0.3) is 0 Å². The number of aromatic nitrogens is 2. The molecular weight excluding hydrogens is 212 g/mol. The maximum Gasteiger partial charge on any atom is 0.0534 e. The molecule has 4 nitrogen and oxygen atoms in total. The summed E-state index contributed by atoms with van der Waals surface area (Å²) in [6.07, 6.45) is 5.11. The van der Waals surface area contributed by atoms with Crippen LogP contribution in [0.1, 0.15) is 32.8 Å². The van der Waals surface area contributed by atoms with Gasteiger partial charge in [-0.25, -0.2) is 0 Å². The summed E-state index contributed by atoms with van der Waals surface area (Å²) in [6, 6.07) is 0.302. The predicted molar refractivity (Wildman–Crippen MR) is 71.7 cm³/mol. The molecule has 0 saturated heterocycles. The highest BCUT2D eigenvalue weighted by atomic mass is 15.3. The Kier molecular flexibility index (Phi) is 5.65. The van der Waals surface area contributed by atoms with Crippen molar-refractivity contribution in [2.45, 2.75) is 46.3 Å². The Bertz CT molecular complexity index is 319. The molecule has 0 aromatic carbocycles. The van der Waals surface area contributed by atoms with Gasteiger partial charge in [-0.1, -0.05) is 13.8 Å². The number of hydrogen-bond acceptors (Lipinski definition) is 3. The molecule has 1 heterocycles. The van der Waals surface area contributed by atoms with Crippen LogP contribution in [0.5, 0.6) is 0 Å². The van der Waals surface area contributed by atoms with E-state index in [4.69, 9.17) is 5.73 Å². The highest BCUT2D eigenvalue weighted by molar-refractivity contribution is 5.03. The van der Waals surface area contributed by atoms with Crippen molar-refractivity contribution in [2.75, 3.05) is 13.6 Å². The Hall–Kier alpha value is -0.870. The Balaban J connectivity index is 2.31. The third kappa shape index (κ3) is 4.88. The van der Waals surface area contributed by atoms with Gasteiger partial charge in [-0.05, 0) is 32.9 Å². The zero-order chi connectivity index (χ0) is 12.8. The fraction of sp³-hybridized carbons (Fsp3) is 0.769. The summed E-state index contributed by atoms with van der Waals surface area (Å²) in [7, 11) is 2.14. The van der Waals surface area contributed by atoms with Gasteiger partial charge >= 0.3 is 0 Å². The molecule has 1 aromatic heterocycles. The molecule has 0 fully saturated rings. The number of hydrogen-bond donors (Lipinski definition) is 1. The lowest BCUT2D eigenvalue weighted by atomic mass is 10.0.